The molecule has 0 radical (unpaired) electrons. The third-order valence-electron chi connectivity index (χ3n) is 5.61. The molecule has 0 spiro atoms. The van der Waals surface area contributed by atoms with Crippen molar-refractivity contribution >= 4 is 28.8 Å². The number of nitrogens with one attached hydrogen (secondary N) is 1. The first-order valence-electron chi connectivity index (χ1n) is 11.6. The van der Waals surface area contributed by atoms with Crippen molar-refractivity contribution in [3.63, 3.8) is 0 Å². The number of thioether (sulfide) groups is 1. The van der Waals surface area contributed by atoms with Crippen molar-refractivity contribution in [1.29, 1.82) is 0 Å². The van der Waals surface area contributed by atoms with E-state index in [4.69, 9.17) is 14.5 Å². The molecule has 9 heteroatoms. The summed E-state index contributed by atoms with van der Waals surface area (Å²) in [6, 6.07) is 10.7. The predicted octanol–water partition coefficient (Wildman–Crippen LogP) is 4.71. The van der Waals surface area contributed by atoms with Gasteiger partial charge in [0.2, 0.25) is 5.91 Å². The van der Waals surface area contributed by atoms with Crippen LogP contribution in [0, 0.1) is 0 Å². The topological polar surface area (TPSA) is 93.1 Å². The van der Waals surface area contributed by atoms with E-state index in [0.717, 1.165) is 16.8 Å². The number of pyridine rings is 1. The van der Waals surface area contributed by atoms with E-state index in [1.54, 1.807) is 19.5 Å². The molecular weight excluding hydrogens is 476 g/mol. The molecule has 0 bridgehead atoms. The third-order valence-corrected chi connectivity index (χ3v) is 6.50. The van der Waals surface area contributed by atoms with Crippen molar-refractivity contribution in [1.82, 2.24) is 15.2 Å². The maximum absolute atomic E-state index is 13.5. The molecule has 0 saturated heterocycles. The molecule has 1 aromatic heterocycles. The van der Waals surface area contributed by atoms with E-state index in [1.807, 2.05) is 74.4 Å². The number of para-hydroxylation sites is 1. The number of benzene rings is 1. The molecule has 1 amide bonds. The summed E-state index contributed by atoms with van der Waals surface area (Å²) in [6.45, 7) is 7.69. The van der Waals surface area contributed by atoms with Crippen molar-refractivity contribution in [2.45, 2.75) is 52.3 Å². The zero-order chi connectivity index (χ0) is 25.9. The van der Waals surface area contributed by atoms with Crippen molar-refractivity contribution < 1.29 is 19.1 Å². The van der Waals surface area contributed by atoms with Gasteiger partial charge >= 0.3 is 5.97 Å². The Bertz CT molecular complexity index is 1250. The summed E-state index contributed by atoms with van der Waals surface area (Å²) in [4.78, 5) is 37.1. The van der Waals surface area contributed by atoms with Gasteiger partial charge < -0.3 is 19.7 Å². The molecular formula is C27H30N4O4S. The molecule has 0 fully saturated rings. The zero-order valence-corrected chi connectivity index (χ0v) is 21.9. The van der Waals surface area contributed by atoms with Crippen molar-refractivity contribution in [2.75, 3.05) is 7.11 Å². The monoisotopic (exact) mass is 506 g/mol. The smallest absolute Gasteiger partial charge is 0.338 e. The van der Waals surface area contributed by atoms with Crippen LogP contribution in [0.5, 0.6) is 5.75 Å². The molecule has 2 aliphatic heterocycles. The number of allylic oxidation sites excluding steroid dienone is 1. The number of esters is 1. The fourth-order valence-corrected chi connectivity index (χ4v) is 5.04. The highest BCUT2D eigenvalue weighted by Gasteiger charge is 2.42. The summed E-state index contributed by atoms with van der Waals surface area (Å²) in [7, 11) is 1.60. The van der Waals surface area contributed by atoms with Crippen molar-refractivity contribution in [3.8, 4) is 5.75 Å². The number of amides is 1. The lowest BCUT2D eigenvalue weighted by molar-refractivity contribution is -0.150. The summed E-state index contributed by atoms with van der Waals surface area (Å²) >= 11 is 1.43. The van der Waals surface area contributed by atoms with E-state index in [1.165, 1.54) is 11.8 Å². The van der Waals surface area contributed by atoms with Gasteiger partial charge in [0.15, 0.2) is 5.17 Å². The van der Waals surface area contributed by atoms with Crippen LogP contribution in [0.15, 0.2) is 76.2 Å². The Morgan fingerprint density at radius 2 is 1.94 bits per heavy atom. The van der Waals surface area contributed by atoms with Gasteiger partial charge in [0.25, 0.3) is 0 Å². The van der Waals surface area contributed by atoms with Gasteiger partial charge in [0, 0.05) is 30.2 Å². The lowest BCUT2D eigenvalue weighted by Gasteiger charge is -2.37. The molecule has 4 rings (SSSR count). The maximum atomic E-state index is 13.5. The second-order valence-electron chi connectivity index (χ2n) is 9.45. The number of carbonyl (C=O) groups is 2. The quantitative estimate of drug-likeness (QED) is 0.544. The summed E-state index contributed by atoms with van der Waals surface area (Å²) in [5.74, 6) is 0.0432. The number of amidine groups is 1. The van der Waals surface area contributed by atoms with E-state index in [2.05, 4.69) is 10.3 Å². The Hall–Kier alpha value is -3.59. The van der Waals surface area contributed by atoms with Gasteiger partial charge in [-0.2, -0.15) is 0 Å². The van der Waals surface area contributed by atoms with Gasteiger partial charge in [-0.05, 0) is 50.8 Å². The fraction of sp³-hybridized carbons (Fsp3) is 0.333. The predicted molar refractivity (Wildman–Crippen MR) is 140 cm³/mol. The molecule has 2 aliphatic rings. The number of rotatable bonds is 7. The first-order chi connectivity index (χ1) is 17.2. The number of fused-ring (bicyclic) bond motifs is 1. The van der Waals surface area contributed by atoms with Crippen molar-refractivity contribution in [2.24, 2.45) is 4.99 Å². The number of carbonyl (C=O) groups excluding carboxylic acids is 2. The summed E-state index contributed by atoms with van der Waals surface area (Å²) in [5.41, 5.74) is 2.77. The number of aromatic nitrogens is 1. The SMILES string of the molecule is COc1ccccc1C1C(C(=O)OC(C)(C)C)=C(C)N=C2SC=C(CC(=O)NCc3cccnc3)N21. The summed E-state index contributed by atoms with van der Waals surface area (Å²) in [6.07, 6.45) is 3.54. The fourth-order valence-electron chi connectivity index (χ4n) is 4.08. The highest BCUT2D eigenvalue weighted by atomic mass is 32.2. The van der Waals surface area contributed by atoms with Gasteiger partial charge in [-0.3, -0.25) is 9.78 Å². The second kappa shape index (κ2) is 10.6. The van der Waals surface area contributed by atoms with Crippen LogP contribution in [0.4, 0.5) is 0 Å². The Morgan fingerprint density at radius 1 is 1.17 bits per heavy atom. The van der Waals surface area contributed by atoms with Gasteiger partial charge in [0.1, 0.15) is 11.4 Å². The van der Waals surface area contributed by atoms with Crippen molar-refractivity contribution in [3.05, 3.63) is 82.3 Å². The molecule has 0 aliphatic carbocycles. The van der Waals surface area contributed by atoms with Gasteiger partial charge in [-0.15, -0.1) is 0 Å². The Kier molecular flexibility index (Phi) is 7.49. The maximum Gasteiger partial charge on any atom is 0.338 e. The standard InChI is InChI=1S/C27H30N4O4S/c1-17-23(25(33)35-27(2,3)4)24(20-10-6-7-11-21(20)34-5)31-19(16-36-26(31)30-17)13-22(32)29-15-18-9-8-12-28-14-18/h6-12,14,16,24H,13,15H2,1-5H3,(H,29,32). The molecule has 1 unspecified atom stereocenters. The van der Waals surface area contributed by atoms with Crippen LogP contribution in [-0.2, 0) is 20.9 Å². The van der Waals surface area contributed by atoms with Crippen LogP contribution in [-0.4, -0.2) is 39.6 Å². The highest BCUT2D eigenvalue weighted by Crippen LogP contribution is 2.47. The van der Waals surface area contributed by atoms with Crippen LogP contribution >= 0.6 is 11.8 Å². The van der Waals surface area contributed by atoms with Gasteiger partial charge in [-0.25, -0.2) is 9.79 Å². The zero-order valence-electron chi connectivity index (χ0n) is 21.1. The number of hydrogen-bond acceptors (Lipinski definition) is 8. The van der Waals surface area contributed by atoms with E-state index in [0.29, 0.717) is 28.7 Å². The molecule has 1 atom stereocenters. The average Bonchev–Trinajstić information content (AvgIpc) is 3.23. The van der Waals surface area contributed by atoms with Gasteiger partial charge in [-0.1, -0.05) is 36.0 Å². The second-order valence-corrected chi connectivity index (χ2v) is 10.3. The van der Waals surface area contributed by atoms with Crippen LogP contribution in [0.1, 0.15) is 51.3 Å². The minimum absolute atomic E-state index is 0.124. The molecule has 8 nitrogen and oxygen atoms in total. The van der Waals surface area contributed by atoms with Crippen LogP contribution < -0.4 is 10.1 Å². The summed E-state index contributed by atoms with van der Waals surface area (Å²) in [5, 5.41) is 5.56. The first kappa shape index (κ1) is 25.5. The van der Waals surface area contributed by atoms with Gasteiger partial charge in [0.05, 0.1) is 30.8 Å². The lowest BCUT2D eigenvalue weighted by atomic mass is 9.93. The Morgan fingerprint density at radius 3 is 2.64 bits per heavy atom. The number of ether oxygens (including phenoxy) is 2. The van der Waals surface area contributed by atoms with Crippen LogP contribution in [0.3, 0.4) is 0 Å². The van der Waals surface area contributed by atoms with E-state index in [9.17, 15) is 9.59 Å². The molecule has 0 saturated carbocycles. The van der Waals surface area contributed by atoms with E-state index >= 15 is 0 Å². The largest absolute Gasteiger partial charge is 0.496 e. The number of methoxy groups -OCH3 is 1. The first-order valence-corrected chi connectivity index (χ1v) is 12.5. The average molecular weight is 507 g/mol. The lowest BCUT2D eigenvalue weighted by Crippen LogP contribution is -2.39. The van der Waals surface area contributed by atoms with Crippen LogP contribution in [0.2, 0.25) is 0 Å². The summed E-state index contributed by atoms with van der Waals surface area (Å²) < 4.78 is 11.4. The molecule has 3 heterocycles. The van der Waals surface area contributed by atoms with E-state index < -0.39 is 17.6 Å². The highest BCUT2D eigenvalue weighted by molar-refractivity contribution is 8.16. The number of nitrogens with zero attached hydrogens (tertiary/aromatic N) is 3. The van der Waals surface area contributed by atoms with E-state index in [-0.39, 0.29) is 12.3 Å². The minimum atomic E-state index is -0.676. The third kappa shape index (κ3) is 5.62. The normalized spacial score (nSPS) is 17.2. The Labute approximate surface area is 215 Å². The molecule has 36 heavy (non-hydrogen) atoms. The minimum Gasteiger partial charge on any atom is -0.496 e. The molecule has 188 valence electrons. The molecule has 1 aromatic carbocycles. The number of aliphatic imine (C=N–C) groups is 1. The van der Waals surface area contributed by atoms with Crippen LogP contribution in [0.25, 0.3) is 0 Å². The molecule has 2 aromatic rings. The number of hydrogen-bond donors (Lipinski definition) is 1. The Balaban J connectivity index is 1.66. The molecule has 1 N–H and O–H groups in total.